The van der Waals surface area contributed by atoms with Gasteiger partial charge >= 0.3 is 6.03 Å². The fourth-order valence-corrected chi connectivity index (χ4v) is 2.65. The van der Waals surface area contributed by atoms with Gasteiger partial charge in [-0.25, -0.2) is 4.79 Å². The van der Waals surface area contributed by atoms with E-state index in [4.69, 9.17) is 0 Å². The zero-order chi connectivity index (χ0) is 14.2. The maximum atomic E-state index is 11.7. The summed E-state index contributed by atoms with van der Waals surface area (Å²) in [6.07, 6.45) is 5.82. The second-order valence-corrected chi connectivity index (χ2v) is 5.53. The van der Waals surface area contributed by atoms with E-state index in [1.165, 1.54) is 19.3 Å². The summed E-state index contributed by atoms with van der Waals surface area (Å²) in [4.78, 5) is 11.7. The van der Waals surface area contributed by atoms with Crippen LogP contribution >= 0.6 is 0 Å². The van der Waals surface area contributed by atoms with Crippen LogP contribution in [0.1, 0.15) is 37.7 Å². The van der Waals surface area contributed by atoms with Crippen LogP contribution < -0.4 is 10.6 Å². The summed E-state index contributed by atoms with van der Waals surface area (Å²) in [5.41, 5.74) is 1.08. The molecule has 3 N–H and O–H groups in total. The zero-order valence-corrected chi connectivity index (χ0v) is 11.8. The molecule has 1 saturated carbocycles. The highest BCUT2D eigenvalue weighted by molar-refractivity contribution is 5.74. The number of hydrogen-bond donors (Lipinski definition) is 3. The summed E-state index contributed by atoms with van der Waals surface area (Å²) in [5, 5.41) is 15.6. The smallest absolute Gasteiger partial charge is 0.315 e. The van der Waals surface area contributed by atoms with Crippen molar-refractivity contribution in [1.29, 1.82) is 0 Å². The van der Waals surface area contributed by atoms with E-state index in [0.29, 0.717) is 12.5 Å². The first-order chi connectivity index (χ1) is 9.74. The SMILES string of the molecule is O=C(NCC(O)Cc1ccccc1)NC1CCCCC1. The quantitative estimate of drug-likeness (QED) is 0.772. The number of carbonyl (C=O) groups excluding carboxylic acids is 1. The van der Waals surface area contributed by atoms with Crippen molar-refractivity contribution in [1.82, 2.24) is 10.6 Å². The Kier molecular flexibility index (Phi) is 5.87. The van der Waals surface area contributed by atoms with Crippen LogP contribution in [-0.2, 0) is 6.42 Å². The number of aliphatic hydroxyl groups excluding tert-OH is 1. The minimum absolute atomic E-state index is 0.163. The molecule has 1 unspecified atom stereocenters. The predicted molar refractivity (Wildman–Crippen MR) is 79.6 cm³/mol. The number of rotatable bonds is 5. The van der Waals surface area contributed by atoms with Crippen LogP contribution in [0, 0.1) is 0 Å². The van der Waals surface area contributed by atoms with E-state index in [-0.39, 0.29) is 12.6 Å². The van der Waals surface area contributed by atoms with E-state index in [9.17, 15) is 9.90 Å². The molecular weight excluding hydrogens is 252 g/mol. The van der Waals surface area contributed by atoms with Crippen LogP contribution in [0.25, 0.3) is 0 Å². The highest BCUT2D eigenvalue weighted by Crippen LogP contribution is 2.17. The van der Waals surface area contributed by atoms with Crippen molar-refractivity contribution in [3.63, 3.8) is 0 Å². The maximum Gasteiger partial charge on any atom is 0.315 e. The van der Waals surface area contributed by atoms with Gasteiger partial charge in [0.1, 0.15) is 0 Å². The molecule has 1 fully saturated rings. The van der Waals surface area contributed by atoms with Crippen LogP contribution in [0.2, 0.25) is 0 Å². The molecule has 0 aliphatic heterocycles. The van der Waals surface area contributed by atoms with E-state index in [1.54, 1.807) is 0 Å². The lowest BCUT2D eigenvalue weighted by Gasteiger charge is -2.23. The molecule has 1 aromatic rings. The molecule has 0 saturated heterocycles. The molecule has 2 rings (SSSR count). The highest BCUT2D eigenvalue weighted by Gasteiger charge is 2.16. The van der Waals surface area contributed by atoms with E-state index in [0.717, 1.165) is 18.4 Å². The van der Waals surface area contributed by atoms with Gasteiger partial charge in [0, 0.05) is 19.0 Å². The number of benzene rings is 1. The molecule has 0 spiro atoms. The maximum absolute atomic E-state index is 11.7. The molecule has 4 nitrogen and oxygen atoms in total. The Labute approximate surface area is 120 Å². The van der Waals surface area contributed by atoms with Gasteiger partial charge in [0.15, 0.2) is 0 Å². The number of aliphatic hydroxyl groups is 1. The summed E-state index contributed by atoms with van der Waals surface area (Å²) in [6.45, 7) is 0.285. The Balaban J connectivity index is 1.64. The minimum atomic E-state index is -0.547. The largest absolute Gasteiger partial charge is 0.391 e. The van der Waals surface area contributed by atoms with Gasteiger partial charge in [0.05, 0.1) is 6.10 Å². The fourth-order valence-electron chi connectivity index (χ4n) is 2.65. The van der Waals surface area contributed by atoms with E-state index < -0.39 is 6.10 Å². The number of urea groups is 1. The monoisotopic (exact) mass is 276 g/mol. The topological polar surface area (TPSA) is 61.4 Å². The normalized spacial score (nSPS) is 17.4. The van der Waals surface area contributed by atoms with Crippen LogP contribution in [0.5, 0.6) is 0 Å². The van der Waals surface area contributed by atoms with E-state index >= 15 is 0 Å². The number of amides is 2. The Bertz CT molecular complexity index is 402. The lowest BCUT2D eigenvalue weighted by molar-refractivity contribution is 0.169. The van der Waals surface area contributed by atoms with E-state index in [2.05, 4.69) is 10.6 Å². The fraction of sp³-hybridized carbons (Fsp3) is 0.562. The van der Waals surface area contributed by atoms with Gasteiger partial charge < -0.3 is 15.7 Å². The first-order valence-electron chi connectivity index (χ1n) is 7.50. The lowest BCUT2D eigenvalue weighted by atomic mass is 9.96. The zero-order valence-electron chi connectivity index (χ0n) is 11.8. The van der Waals surface area contributed by atoms with Gasteiger partial charge in [-0.3, -0.25) is 0 Å². The Morgan fingerprint density at radius 2 is 1.90 bits per heavy atom. The molecule has 2 amide bonds. The molecule has 20 heavy (non-hydrogen) atoms. The van der Waals surface area contributed by atoms with Crippen LogP contribution in [0.15, 0.2) is 30.3 Å². The average molecular weight is 276 g/mol. The first kappa shape index (κ1) is 14.9. The lowest BCUT2D eigenvalue weighted by Crippen LogP contribution is -2.45. The number of hydrogen-bond acceptors (Lipinski definition) is 2. The summed E-state index contributed by atoms with van der Waals surface area (Å²) in [6, 6.07) is 9.94. The Hall–Kier alpha value is -1.55. The van der Waals surface area contributed by atoms with Crippen molar-refractivity contribution in [2.24, 2.45) is 0 Å². The van der Waals surface area contributed by atoms with Crippen molar-refractivity contribution in [3.8, 4) is 0 Å². The first-order valence-corrected chi connectivity index (χ1v) is 7.50. The van der Waals surface area contributed by atoms with Crippen molar-refractivity contribution < 1.29 is 9.90 Å². The summed E-state index contributed by atoms with van der Waals surface area (Å²) < 4.78 is 0. The van der Waals surface area contributed by atoms with Crippen molar-refractivity contribution >= 4 is 6.03 Å². The molecule has 0 radical (unpaired) electrons. The van der Waals surface area contributed by atoms with Crippen LogP contribution in [0.3, 0.4) is 0 Å². The Morgan fingerprint density at radius 3 is 2.60 bits per heavy atom. The second kappa shape index (κ2) is 7.90. The van der Waals surface area contributed by atoms with Crippen molar-refractivity contribution in [2.45, 2.75) is 50.7 Å². The van der Waals surface area contributed by atoms with Gasteiger partial charge in [-0.2, -0.15) is 0 Å². The molecule has 1 aromatic carbocycles. The minimum Gasteiger partial charge on any atom is -0.391 e. The van der Waals surface area contributed by atoms with Gasteiger partial charge in [-0.15, -0.1) is 0 Å². The molecule has 0 heterocycles. The van der Waals surface area contributed by atoms with Gasteiger partial charge in [-0.1, -0.05) is 49.6 Å². The molecule has 1 aliphatic carbocycles. The Morgan fingerprint density at radius 1 is 1.20 bits per heavy atom. The average Bonchev–Trinajstić information content (AvgIpc) is 2.47. The summed E-state index contributed by atoms with van der Waals surface area (Å²) in [5.74, 6) is 0. The third kappa shape index (κ3) is 5.21. The van der Waals surface area contributed by atoms with Gasteiger partial charge in [0.25, 0.3) is 0 Å². The molecule has 110 valence electrons. The molecule has 4 heteroatoms. The second-order valence-electron chi connectivity index (χ2n) is 5.53. The van der Waals surface area contributed by atoms with Crippen molar-refractivity contribution in [3.05, 3.63) is 35.9 Å². The standard InChI is InChI=1S/C16H24N2O2/c19-15(11-13-7-3-1-4-8-13)12-17-16(20)18-14-9-5-2-6-10-14/h1,3-4,7-8,14-15,19H,2,5-6,9-12H2,(H2,17,18,20). The van der Waals surface area contributed by atoms with E-state index in [1.807, 2.05) is 30.3 Å². The summed E-state index contributed by atoms with van der Waals surface area (Å²) >= 11 is 0. The van der Waals surface area contributed by atoms with Gasteiger partial charge in [0.2, 0.25) is 0 Å². The van der Waals surface area contributed by atoms with Crippen LogP contribution in [-0.4, -0.2) is 29.8 Å². The molecular formula is C16H24N2O2. The van der Waals surface area contributed by atoms with Gasteiger partial charge in [-0.05, 0) is 18.4 Å². The van der Waals surface area contributed by atoms with Crippen molar-refractivity contribution in [2.75, 3.05) is 6.54 Å². The molecule has 0 bridgehead atoms. The molecule has 0 aromatic heterocycles. The number of nitrogens with one attached hydrogen (secondary N) is 2. The summed E-state index contributed by atoms with van der Waals surface area (Å²) in [7, 11) is 0. The number of carbonyl (C=O) groups is 1. The third-order valence-electron chi connectivity index (χ3n) is 3.75. The van der Waals surface area contributed by atoms with Crippen LogP contribution in [0.4, 0.5) is 4.79 Å². The third-order valence-corrected chi connectivity index (χ3v) is 3.75. The highest BCUT2D eigenvalue weighted by atomic mass is 16.3. The molecule has 1 atom stereocenters. The predicted octanol–water partition coefficient (Wildman–Crippen LogP) is 2.22. The molecule has 1 aliphatic rings.